The molecule has 2 aromatic rings. The van der Waals surface area contributed by atoms with Gasteiger partial charge in [-0.15, -0.1) is 0 Å². The first-order valence-electron chi connectivity index (χ1n) is 5.94. The lowest BCUT2D eigenvalue weighted by atomic mass is 10.1. The Labute approximate surface area is 117 Å². The van der Waals surface area contributed by atoms with Crippen LogP contribution >= 0.6 is 11.6 Å². The molecule has 0 fully saturated rings. The van der Waals surface area contributed by atoms with Crippen molar-refractivity contribution in [3.63, 3.8) is 0 Å². The summed E-state index contributed by atoms with van der Waals surface area (Å²) in [6.07, 6.45) is 0. The molecule has 0 unspecified atom stereocenters. The van der Waals surface area contributed by atoms with Crippen molar-refractivity contribution in [1.29, 1.82) is 0 Å². The minimum Gasteiger partial charge on any atom is -0.494 e. The van der Waals surface area contributed by atoms with Crippen LogP contribution in [0.3, 0.4) is 0 Å². The normalized spacial score (nSPS) is 10.3. The zero-order valence-corrected chi connectivity index (χ0v) is 11.6. The Bertz CT molecular complexity index is 586. The van der Waals surface area contributed by atoms with E-state index < -0.39 is 0 Å². The Morgan fingerprint density at radius 2 is 1.95 bits per heavy atom. The zero-order valence-electron chi connectivity index (χ0n) is 10.8. The molecule has 0 radical (unpaired) electrons. The summed E-state index contributed by atoms with van der Waals surface area (Å²) in [5, 5.41) is 3.87. The van der Waals surface area contributed by atoms with E-state index in [4.69, 9.17) is 16.3 Å². The summed E-state index contributed by atoms with van der Waals surface area (Å²) < 4.78 is 18.9. The van der Waals surface area contributed by atoms with Gasteiger partial charge in [0.15, 0.2) is 11.6 Å². The lowest BCUT2D eigenvalue weighted by molar-refractivity contribution is 0.384. The van der Waals surface area contributed by atoms with Gasteiger partial charge >= 0.3 is 0 Å². The van der Waals surface area contributed by atoms with Crippen LogP contribution in [0.25, 0.3) is 0 Å². The van der Waals surface area contributed by atoms with Gasteiger partial charge in [0, 0.05) is 22.8 Å². The topological polar surface area (TPSA) is 21.3 Å². The van der Waals surface area contributed by atoms with Gasteiger partial charge in [-0.3, -0.25) is 0 Å². The van der Waals surface area contributed by atoms with Crippen molar-refractivity contribution >= 4 is 17.3 Å². The van der Waals surface area contributed by atoms with Crippen molar-refractivity contribution in [3.05, 3.63) is 58.4 Å². The van der Waals surface area contributed by atoms with Crippen molar-refractivity contribution in [1.82, 2.24) is 0 Å². The highest BCUT2D eigenvalue weighted by Crippen LogP contribution is 2.25. The number of nitrogens with one attached hydrogen (secondary N) is 1. The molecule has 0 aliphatic carbocycles. The number of hydrogen-bond donors (Lipinski definition) is 1. The highest BCUT2D eigenvalue weighted by molar-refractivity contribution is 6.31. The van der Waals surface area contributed by atoms with Crippen LogP contribution in [0.5, 0.6) is 5.75 Å². The average Bonchev–Trinajstić information content (AvgIpc) is 2.42. The first-order valence-corrected chi connectivity index (χ1v) is 6.31. The SMILES string of the molecule is COc1cccc(CNc2cccc(Cl)c2C)c1F. The maximum absolute atomic E-state index is 14.0. The second kappa shape index (κ2) is 5.93. The molecule has 0 atom stereocenters. The van der Waals surface area contributed by atoms with Gasteiger partial charge in [-0.25, -0.2) is 4.39 Å². The number of anilines is 1. The molecule has 1 N–H and O–H groups in total. The lowest BCUT2D eigenvalue weighted by Gasteiger charge is -2.12. The number of rotatable bonds is 4. The molecule has 0 bridgehead atoms. The predicted molar refractivity (Wildman–Crippen MR) is 76.5 cm³/mol. The van der Waals surface area contributed by atoms with E-state index in [1.165, 1.54) is 7.11 Å². The molecule has 19 heavy (non-hydrogen) atoms. The van der Waals surface area contributed by atoms with Crippen LogP contribution in [0.15, 0.2) is 36.4 Å². The maximum Gasteiger partial charge on any atom is 0.170 e. The highest BCUT2D eigenvalue weighted by atomic mass is 35.5. The number of halogens is 2. The summed E-state index contributed by atoms with van der Waals surface area (Å²) in [6.45, 7) is 2.30. The van der Waals surface area contributed by atoms with Gasteiger partial charge in [0.05, 0.1) is 7.11 Å². The van der Waals surface area contributed by atoms with Crippen LogP contribution in [0.4, 0.5) is 10.1 Å². The molecule has 0 spiro atoms. The van der Waals surface area contributed by atoms with E-state index in [0.717, 1.165) is 11.3 Å². The molecule has 0 aliphatic heterocycles. The van der Waals surface area contributed by atoms with Gasteiger partial charge in [0.1, 0.15) is 0 Å². The molecule has 2 aromatic carbocycles. The third-order valence-electron chi connectivity index (χ3n) is 3.00. The van der Waals surface area contributed by atoms with Crippen LogP contribution in [0.2, 0.25) is 5.02 Å². The molecule has 0 saturated heterocycles. The van der Waals surface area contributed by atoms with Gasteiger partial charge < -0.3 is 10.1 Å². The smallest absolute Gasteiger partial charge is 0.170 e. The first-order chi connectivity index (χ1) is 9.13. The Morgan fingerprint density at radius 3 is 2.68 bits per heavy atom. The van der Waals surface area contributed by atoms with Crippen LogP contribution < -0.4 is 10.1 Å². The Balaban J connectivity index is 2.17. The third-order valence-corrected chi connectivity index (χ3v) is 3.41. The van der Waals surface area contributed by atoms with Crippen molar-refractivity contribution in [2.45, 2.75) is 13.5 Å². The molecule has 0 amide bonds. The summed E-state index contributed by atoms with van der Waals surface area (Å²) in [4.78, 5) is 0. The minimum absolute atomic E-state index is 0.252. The fourth-order valence-electron chi connectivity index (χ4n) is 1.84. The predicted octanol–water partition coefficient (Wildman–Crippen LogP) is 4.41. The molecule has 0 aliphatic rings. The van der Waals surface area contributed by atoms with E-state index in [1.807, 2.05) is 25.1 Å². The monoisotopic (exact) mass is 279 g/mol. The van der Waals surface area contributed by atoms with Crippen molar-refractivity contribution in [3.8, 4) is 5.75 Å². The van der Waals surface area contributed by atoms with Crippen molar-refractivity contribution in [2.75, 3.05) is 12.4 Å². The third kappa shape index (κ3) is 2.99. The Kier molecular flexibility index (Phi) is 4.27. The second-order valence-corrected chi connectivity index (χ2v) is 4.61. The summed E-state index contributed by atoms with van der Waals surface area (Å²) in [6, 6.07) is 10.7. The molecule has 2 nitrogen and oxygen atoms in total. The van der Waals surface area contributed by atoms with E-state index >= 15 is 0 Å². The maximum atomic E-state index is 14.0. The molecule has 0 aromatic heterocycles. The lowest BCUT2D eigenvalue weighted by Crippen LogP contribution is -2.04. The van der Waals surface area contributed by atoms with Crippen LogP contribution in [0.1, 0.15) is 11.1 Å². The molecule has 4 heteroatoms. The highest BCUT2D eigenvalue weighted by Gasteiger charge is 2.08. The molecular weight excluding hydrogens is 265 g/mol. The number of methoxy groups -OCH3 is 1. The molecule has 0 saturated carbocycles. The minimum atomic E-state index is -0.336. The molecule has 2 rings (SSSR count). The summed E-state index contributed by atoms with van der Waals surface area (Å²) >= 11 is 6.04. The van der Waals surface area contributed by atoms with Crippen molar-refractivity contribution < 1.29 is 9.13 Å². The van der Waals surface area contributed by atoms with E-state index in [2.05, 4.69) is 5.32 Å². The fraction of sp³-hybridized carbons (Fsp3) is 0.200. The zero-order chi connectivity index (χ0) is 13.8. The summed E-state index contributed by atoms with van der Waals surface area (Å²) in [5.74, 6) is -0.0840. The number of ether oxygens (including phenoxy) is 1. The Morgan fingerprint density at radius 1 is 1.21 bits per heavy atom. The van der Waals surface area contributed by atoms with E-state index in [0.29, 0.717) is 17.1 Å². The van der Waals surface area contributed by atoms with Gasteiger partial charge in [0.25, 0.3) is 0 Å². The summed E-state index contributed by atoms with van der Waals surface area (Å²) in [7, 11) is 1.46. The van der Waals surface area contributed by atoms with Gasteiger partial charge in [-0.1, -0.05) is 29.8 Å². The van der Waals surface area contributed by atoms with E-state index in [1.54, 1.807) is 18.2 Å². The molecule has 100 valence electrons. The molecule has 0 heterocycles. The van der Waals surface area contributed by atoms with Crippen LogP contribution in [-0.4, -0.2) is 7.11 Å². The Hall–Kier alpha value is -1.74. The first kappa shape index (κ1) is 13.7. The number of benzene rings is 2. The van der Waals surface area contributed by atoms with Crippen LogP contribution in [-0.2, 0) is 6.54 Å². The molecular formula is C15H15ClFNO. The van der Waals surface area contributed by atoms with Gasteiger partial charge in [-0.05, 0) is 30.7 Å². The van der Waals surface area contributed by atoms with Gasteiger partial charge in [-0.2, -0.15) is 0 Å². The average molecular weight is 280 g/mol. The number of hydrogen-bond acceptors (Lipinski definition) is 2. The summed E-state index contributed by atoms with van der Waals surface area (Å²) in [5.41, 5.74) is 2.40. The standard InChI is InChI=1S/C15H15ClFNO/c1-10-12(16)6-4-7-13(10)18-9-11-5-3-8-14(19-2)15(11)17/h3-8,18H,9H2,1-2H3. The van der Waals surface area contributed by atoms with Gasteiger partial charge in [0.2, 0.25) is 0 Å². The largest absolute Gasteiger partial charge is 0.494 e. The fourth-order valence-corrected chi connectivity index (χ4v) is 2.01. The quantitative estimate of drug-likeness (QED) is 0.895. The van der Waals surface area contributed by atoms with E-state index in [9.17, 15) is 4.39 Å². The second-order valence-electron chi connectivity index (χ2n) is 4.20. The van der Waals surface area contributed by atoms with Crippen molar-refractivity contribution in [2.24, 2.45) is 0 Å². The van der Waals surface area contributed by atoms with Crippen LogP contribution in [0, 0.1) is 12.7 Å². The van der Waals surface area contributed by atoms with E-state index in [-0.39, 0.29) is 11.6 Å².